The molecule has 9 heteroatoms. The van der Waals surface area contributed by atoms with Gasteiger partial charge in [-0.15, -0.1) is 10.2 Å². The molecule has 180 valence electrons. The van der Waals surface area contributed by atoms with Gasteiger partial charge >= 0.3 is 0 Å². The molecule has 2 N–H and O–H groups in total. The van der Waals surface area contributed by atoms with Crippen LogP contribution >= 0.6 is 0 Å². The summed E-state index contributed by atoms with van der Waals surface area (Å²) in [6, 6.07) is 8.74. The van der Waals surface area contributed by atoms with Crippen molar-refractivity contribution >= 4 is 17.4 Å². The fraction of sp³-hybridized carbons (Fsp3) is 0.462. The molecule has 1 saturated heterocycles. The molecule has 1 aromatic carbocycles. The van der Waals surface area contributed by atoms with Crippen molar-refractivity contribution in [2.75, 3.05) is 32.6 Å². The summed E-state index contributed by atoms with van der Waals surface area (Å²) in [6.45, 7) is 2.79. The molecule has 0 radical (unpaired) electrons. The Morgan fingerprint density at radius 1 is 1.23 bits per heavy atom. The zero-order valence-corrected chi connectivity index (χ0v) is 20.0. The van der Waals surface area contributed by atoms with Gasteiger partial charge in [0, 0.05) is 43.6 Å². The number of nitrogens with zero attached hydrogens (tertiary/aromatic N) is 5. The summed E-state index contributed by atoms with van der Waals surface area (Å²) in [7, 11) is 4.11. The van der Waals surface area contributed by atoms with E-state index >= 15 is 0 Å². The summed E-state index contributed by atoms with van der Waals surface area (Å²) in [6.07, 6.45) is 3.25. The van der Waals surface area contributed by atoms with Gasteiger partial charge in [-0.3, -0.25) is 4.79 Å². The molecule has 3 aliphatic heterocycles. The lowest BCUT2D eigenvalue weighted by atomic mass is 9.96. The first-order valence-corrected chi connectivity index (χ1v) is 12.4. The number of anilines is 2. The van der Waals surface area contributed by atoms with E-state index in [-0.39, 0.29) is 5.91 Å². The number of hydrogen-bond donors (Lipinski definition) is 2. The molecular formula is C26H29N7O2. The van der Waals surface area contributed by atoms with E-state index in [1.807, 2.05) is 12.1 Å². The maximum atomic E-state index is 12.9. The van der Waals surface area contributed by atoms with Crippen LogP contribution in [0.15, 0.2) is 24.3 Å². The average Bonchev–Trinajstić information content (AvgIpc) is 3.30. The normalized spacial score (nSPS) is 23.9. The number of amides is 1. The maximum absolute atomic E-state index is 12.9. The third kappa shape index (κ3) is 3.44. The second-order valence-corrected chi connectivity index (χ2v) is 10.4. The van der Waals surface area contributed by atoms with Gasteiger partial charge in [0.2, 0.25) is 0 Å². The van der Waals surface area contributed by atoms with Crippen molar-refractivity contribution in [3.05, 3.63) is 52.5 Å². The van der Waals surface area contributed by atoms with Crippen molar-refractivity contribution in [2.45, 2.75) is 44.3 Å². The van der Waals surface area contributed by atoms with E-state index in [4.69, 9.17) is 9.72 Å². The molecule has 0 spiro atoms. The Balaban J connectivity index is 1.25. The number of carbonyl (C=O) groups is 1. The van der Waals surface area contributed by atoms with E-state index in [1.165, 1.54) is 12.0 Å². The fourth-order valence-corrected chi connectivity index (χ4v) is 5.96. The molecule has 1 aliphatic carbocycles. The van der Waals surface area contributed by atoms with Crippen molar-refractivity contribution in [1.29, 1.82) is 0 Å². The Bertz CT molecular complexity index is 1340. The predicted octanol–water partition coefficient (Wildman–Crippen LogP) is 3.01. The topological polar surface area (TPSA) is 97.2 Å². The van der Waals surface area contributed by atoms with Crippen LogP contribution in [0.4, 0.5) is 11.5 Å². The van der Waals surface area contributed by atoms with Gasteiger partial charge in [0.25, 0.3) is 5.91 Å². The van der Waals surface area contributed by atoms with Gasteiger partial charge in [-0.1, -0.05) is 6.07 Å². The van der Waals surface area contributed by atoms with Crippen molar-refractivity contribution < 1.29 is 9.53 Å². The van der Waals surface area contributed by atoms with Gasteiger partial charge in [-0.25, -0.2) is 4.98 Å². The number of fused-ring (bicyclic) bond motifs is 4. The lowest BCUT2D eigenvalue weighted by Crippen LogP contribution is -2.16. The number of hydrogen-bond acceptors (Lipinski definition) is 7. The number of pyridine rings is 1. The Morgan fingerprint density at radius 2 is 2.14 bits per heavy atom. The summed E-state index contributed by atoms with van der Waals surface area (Å²) in [5.41, 5.74) is 5.71. The molecule has 3 atom stereocenters. The SMILES string of the molecule is CN(C)Cc1nc(Nc2ccc(-c3nnc4n3C3CC3C4)c3c2C(=O)NC3)ccc1C1CCOC1. The molecule has 1 amide bonds. The molecule has 35 heavy (non-hydrogen) atoms. The van der Waals surface area contributed by atoms with Crippen molar-refractivity contribution in [2.24, 2.45) is 5.92 Å². The van der Waals surface area contributed by atoms with E-state index < -0.39 is 0 Å². The number of rotatable bonds is 6. The summed E-state index contributed by atoms with van der Waals surface area (Å²) in [5, 5.41) is 15.4. The van der Waals surface area contributed by atoms with Crippen LogP contribution in [-0.4, -0.2) is 57.9 Å². The van der Waals surface area contributed by atoms with E-state index in [0.717, 1.165) is 72.6 Å². The van der Waals surface area contributed by atoms with Crippen LogP contribution in [0, 0.1) is 5.92 Å². The minimum Gasteiger partial charge on any atom is -0.381 e. The van der Waals surface area contributed by atoms with E-state index in [9.17, 15) is 4.79 Å². The Kier molecular flexibility index (Phi) is 4.72. The molecule has 2 aromatic heterocycles. The van der Waals surface area contributed by atoms with E-state index in [0.29, 0.717) is 30.0 Å². The lowest BCUT2D eigenvalue weighted by Gasteiger charge is -2.19. The first-order chi connectivity index (χ1) is 17.1. The van der Waals surface area contributed by atoms with Crippen molar-refractivity contribution in [3.8, 4) is 11.4 Å². The summed E-state index contributed by atoms with van der Waals surface area (Å²) < 4.78 is 7.91. The molecule has 5 heterocycles. The summed E-state index contributed by atoms with van der Waals surface area (Å²) in [4.78, 5) is 20.0. The van der Waals surface area contributed by atoms with Gasteiger partial charge < -0.3 is 24.8 Å². The molecule has 4 aliphatic rings. The molecule has 9 nitrogen and oxygen atoms in total. The highest BCUT2D eigenvalue weighted by Gasteiger charge is 2.48. The Hall–Kier alpha value is -3.30. The monoisotopic (exact) mass is 471 g/mol. The molecule has 2 fully saturated rings. The number of ether oxygens (including phenoxy) is 1. The standard InChI is InChI=1S/C26H29N7O2/c1-32(2)12-20-16(14-7-8-35-13-14)4-6-22(29-20)28-19-5-3-17(18-11-27-26(34)24(18)19)25-31-30-23-10-15-9-21(15)33(23)25/h3-6,14-15,21H,7-13H2,1-2H3,(H,27,34)(H,28,29). The van der Waals surface area contributed by atoms with Gasteiger partial charge in [0.15, 0.2) is 5.82 Å². The van der Waals surface area contributed by atoms with Crippen LogP contribution in [0.1, 0.15) is 57.8 Å². The van der Waals surface area contributed by atoms with Gasteiger partial charge in [-0.05, 0) is 62.2 Å². The quantitative estimate of drug-likeness (QED) is 0.570. The maximum Gasteiger partial charge on any atom is 0.254 e. The highest BCUT2D eigenvalue weighted by atomic mass is 16.5. The van der Waals surface area contributed by atoms with Crippen LogP contribution in [-0.2, 0) is 24.2 Å². The third-order valence-corrected chi connectivity index (χ3v) is 7.74. The smallest absolute Gasteiger partial charge is 0.254 e. The molecule has 3 unspecified atom stereocenters. The molecule has 1 saturated carbocycles. The first-order valence-electron chi connectivity index (χ1n) is 12.4. The van der Waals surface area contributed by atoms with Gasteiger partial charge in [0.05, 0.1) is 23.6 Å². The second-order valence-electron chi connectivity index (χ2n) is 10.4. The summed E-state index contributed by atoms with van der Waals surface area (Å²) >= 11 is 0. The van der Waals surface area contributed by atoms with Crippen LogP contribution in [0.2, 0.25) is 0 Å². The second kappa shape index (κ2) is 7.86. The van der Waals surface area contributed by atoms with Crippen LogP contribution in [0.3, 0.4) is 0 Å². The number of aromatic nitrogens is 4. The first kappa shape index (κ1) is 21.0. The van der Waals surface area contributed by atoms with Crippen molar-refractivity contribution in [3.63, 3.8) is 0 Å². The minimum atomic E-state index is -0.0666. The highest BCUT2D eigenvalue weighted by molar-refractivity contribution is 6.05. The van der Waals surface area contributed by atoms with E-state index in [1.54, 1.807) is 0 Å². The molecule has 7 rings (SSSR count). The fourth-order valence-electron chi connectivity index (χ4n) is 5.96. The van der Waals surface area contributed by atoms with Crippen LogP contribution < -0.4 is 10.6 Å². The lowest BCUT2D eigenvalue weighted by molar-refractivity contribution is 0.0966. The van der Waals surface area contributed by atoms with Gasteiger partial charge in [-0.2, -0.15) is 0 Å². The minimum absolute atomic E-state index is 0.0666. The largest absolute Gasteiger partial charge is 0.381 e. The van der Waals surface area contributed by atoms with Crippen LogP contribution in [0.25, 0.3) is 11.4 Å². The van der Waals surface area contributed by atoms with Crippen LogP contribution in [0.5, 0.6) is 0 Å². The predicted molar refractivity (Wildman–Crippen MR) is 131 cm³/mol. The Labute approximate surface area is 203 Å². The number of nitrogens with one attached hydrogen (secondary N) is 2. The zero-order chi connectivity index (χ0) is 23.7. The summed E-state index contributed by atoms with van der Waals surface area (Å²) in [5.74, 6) is 3.73. The van der Waals surface area contributed by atoms with Crippen molar-refractivity contribution in [1.82, 2.24) is 30.0 Å². The average molecular weight is 472 g/mol. The Morgan fingerprint density at radius 3 is 2.97 bits per heavy atom. The highest BCUT2D eigenvalue weighted by Crippen LogP contribution is 2.53. The number of benzene rings is 1. The molecule has 0 bridgehead atoms. The van der Waals surface area contributed by atoms with E-state index in [2.05, 4.69) is 56.5 Å². The van der Waals surface area contributed by atoms with Gasteiger partial charge in [0.1, 0.15) is 11.6 Å². The zero-order valence-electron chi connectivity index (χ0n) is 20.0. The third-order valence-electron chi connectivity index (χ3n) is 7.74. The molecule has 3 aromatic rings. The number of carbonyl (C=O) groups excluding carboxylic acids is 1. The molecular weight excluding hydrogens is 442 g/mol.